The van der Waals surface area contributed by atoms with E-state index >= 15 is 0 Å². The van der Waals surface area contributed by atoms with Gasteiger partial charge in [-0.2, -0.15) is 13.2 Å². The zero-order valence-electron chi connectivity index (χ0n) is 29.7. The summed E-state index contributed by atoms with van der Waals surface area (Å²) in [6.07, 6.45) is -0.986. The Kier molecular flexibility index (Phi) is 9.79. The number of anilines is 2. The lowest BCUT2D eigenvalue weighted by molar-refractivity contribution is -0.144. The molecular weight excluding hydrogens is 639 g/mol. The molecule has 6 rings (SSSR count). The summed E-state index contributed by atoms with van der Waals surface area (Å²) in [5.41, 5.74) is 2.05. The minimum Gasteiger partial charge on any atom is -0.444 e. The highest BCUT2D eigenvalue weighted by atomic mass is 19.4. The highest BCUT2D eigenvalue weighted by Gasteiger charge is 2.45. The number of aromatic nitrogens is 3. The Morgan fingerprint density at radius 2 is 1.73 bits per heavy atom. The molecule has 270 valence electrons. The minimum absolute atomic E-state index is 0.0558. The lowest BCUT2D eigenvalue weighted by atomic mass is 9.79. The van der Waals surface area contributed by atoms with Crippen LogP contribution < -0.4 is 9.80 Å². The van der Waals surface area contributed by atoms with Gasteiger partial charge in [-0.3, -0.25) is 9.88 Å². The van der Waals surface area contributed by atoms with Gasteiger partial charge < -0.3 is 28.9 Å². The molecule has 0 saturated carbocycles. The van der Waals surface area contributed by atoms with Gasteiger partial charge in [-0.05, 0) is 77.5 Å². The molecule has 0 spiro atoms. The second-order valence-electron chi connectivity index (χ2n) is 15.0. The van der Waals surface area contributed by atoms with Crippen molar-refractivity contribution < 1.29 is 32.2 Å². The van der Waals surface area contributed by atoms with E-state index in [9.17, 15) is 18.0 Å². The van der Waals surface area contributed by atoms with E-state index in [4.69, 9.17) is 19.2 Å². The van der Waals surface area contributed by atoms with Crippen molar-refractivity contribution >= 4 is 17.7 Å². The fourth-order valence-corrected chi connectivity index (χ4v) is 7.93. The molecular formula is C35H50F3N7O4. The maximum atomic E-state index is 14.2. The topological polar surface area (TPSA) is 96.4 Å². The summed E-state index contributed by atoms with van der Waals surface area (Å²) >= 11 is 0. The van der Waals surface area contributed by atoms with Crippen LogP contribution in [0.2, 0.25) is 0 Å². The number of ether oxygens (including phenoxy) is 3. The fraction of sp³-hybridized carbons (Fsp3) is 0.714. The van der Waals surface area contributed by atoms with Crippen molar-refractivity contribution in [1.29, 1.82) is 0 Å². The Morgan fingerprint density at radius 1 is 1.04 bits per heavy atom. The van der Waals surface area contributed by atoms with Crippen LogP contribution in [0.5, 0.6) is 0 Å². The van der Waals surface area contributed by atoms with E-state index in [0.29, 0.717) is 58.3 Å². The smallest absolute Gasteiger partial charge is 0.444 e. The summed E-state index contributed by atoms with van der Waals surface area (Å²) in [5.74, 6) is -0.371. The maximum Gasteiger partial charge on any atom is 0.451 e. The van der Waals surface area contributed by atoms with Gasteiger partial charge in [0.2, 0.25) is 5.82 Å². The number of aryl methyl sites for hydroxylation is 1. The van der Waals surface area contributed by atoms with Crippen LogP contribution in [0.15, 0.2) is 18.3 Å². The Morgan fingerprint density at radius 3 is 2.31 bits per heavy atom. The SMILES string of the molecule is COC1(c2nccc(C)c2C2CCN(c3cc(N4C[C@@H](N5CCN(C(=O)OC(C)(C)C)CC5)[C@H]4C)nc(C(F)(F)F)n3)[C@H](C)C2)CCOC1. The highest BCUT2D eigenvalue weighted by Crippen LogP contribution is 2.43. The van der Waals surface area contributed by atoms with Gasteiger partial charge in [-0.15, -0.1) is 0 Å². The van der Waals surface area contributed by atoms with Gasteiger partial charge in [0, 0.05) is 89.8 Å². The molecule has 1 amide bonds. The predicted molar refractivity (Wildman–Crippen MR) is 179 cm³/mol. The monoisotopic (exact) mass is 689 g/mol. The molecule has 0 aliphatic carbocycles. The quantitative estimate of drug-likeness (QED) is 0.395. The fourth-order valence-electron chi connectivity index (χ4n) is 7.93. The molecule has 0 radical (unpaired) electrons. The van der Waals surface area contributed by atoms with E-state index in [1.807, 2.05) is 49.8 Å². The van der Waals surface area contributed by atoms with Crippen LogP contribution >= 0.6 is 0 Å². The highest BCUT2D eigenvalue weighted by molar-refractivity contribution is 5.68. The van der Waals surface area contributed by atoms with Crippen molar-refractivity contribution in [2.24, 2.45) is 0 Å². The van der Waals surface area contributed by atoms with Gasteiger partial charge in [0.05, 0.1) is 12.3 Å². The number of methoxy groups -OCH3 is 1. The minimum atomic E-state index is -4.68. The number of rotatable bonds is 6. The third kappa shape index (κ3) is 7.18. The second-order valence-corrected chi connectivity index (χ2v) is 15.0. The lowest BCUT2D eigenvalue weighted by Gasteiger charge is -2.53. The average molecular weight is 690 g/mol. The molecule has 0 N–H and O–H groups in total. The first-order valence-electron chi connectivity index (χ1n) is 17.4. The van der Waals surface area contributed by atoms with Crippen LogP contribution in [-0.4, -0.2) is 114 Å². The van der Waals surface area contributed by atoms with Crippen LogP contribution in [0.1, 0.15) is 82.4 Å². The number of carbonyl (C=O) groups is 1. The molecule has 14 heteroatoms. The molecule has 5 atom stereocenters. The maximum absolute atomic E-state index is 14.2. The summed E-state index contributed by atoms with van der Waals surface area (Å²) in [6.45, 7) is 16.3. The number of piperidine rings is 1. The number of piperazine rings is 1. The van der Waals surface area contributed by atoms with E-state index in [2.05, 4.69) is 28.7 Å². The number of alkyl halides is 3. The third-order valence-electron chi connectivity index (χ3n) is 10.7. The van der Waals surface area contributed by atoms with Crippen LogP contribution in [0, 0.1) is 6.92 Å². The van der Waals surface area contributed by atoms with Crippen molar-refractivity contribution in [2.45, 2.75) is 102 Å². The van der Waals surface area contributed by atoms with E-state index in [0.717, 1.165) is 36.1 Å². The molecule has 4 saturated heterocycles. The molecule has 2 aromatic rings. The van der Waals surface area contributed by atoms with Gasteiger partial charge in [-0.25, -0.2) is 14.8 Å². The first-order valence-corrected chi connectivity index (χ1v) is 17.4. The van der Waals surface area contributed by atoms with Gasteiger partial charge in [0.1, 0.15) is 22.8 Å². The molecule has 0 bridgehead atoms. The Bertz CT molecular complexity index is 1510. The van der Waals surface area contributed by atoms with Crippen molar-refractivity contribution in [2.75, 3.05) is 69.4 Å². The van der Waals surface area contributed by atoms with Crippen molar-refractivity contribution in [3.63, 3.8) is 0 Å². The zero-order valence-corrected chi connectivity index (χ0v) is 29.7. The molecule has 4 fully saturated rings. The number of nitrogens with zero attached hydrogens (tertiary/aromatic N) is 7. The molecule has 4 aliphatic heterocycles. The number of amides is 1. The van der Waals surface area contributed by atoms with Crippen molar-refractivity contribution in [3.8, 4) is 0 Å². The van der Waals surface area contributed by atoms with E-state index in [-0.39, 0.29) is 36.0 Å². The second kappa shape index (κ2) is 13.5. The molecule has 0 aromatic carbocycles. The van der Waals surface area contributed by atoms with Gasteiger partial charge in [0.15, 0.2) is 0 Å². The lowest BCUT2D eigenvalue weighted by Crippen LogP contribution is -2.68. The largest absolute Gasteiger partial charge is 0.451 e. The summed E-state index contributed by atoms with van der Waals surface area (Å²) in [7, 11) is 1.70. The number of hydrogen-bond donors (Lipinski definition) is 0. The Hall–Kier alpha value is -3.23. The Labute approximate surface area is 287 Å². The van der Waals surface area contributed by atoms with Crippen molar-refractivity contribution in [1.82, 2.24) is 24.8 Å². The molecule has 11 nitrogen and oxygen atoms in total. The average Bonchev–Trinajstić information content (AvgIpc) is 3.53. The van der Waals surface area contributed by atoms with Gasteiger partial charge >= 0.3 is 12.3 Å². The summed E-state index contributed by atoms with van der Waals surface area (Å²) in [4.78, 5) is 33.4. The zero-order chi connectivity index (χ0) is 35.3. The van der Waals surface area contributed by atoms with Crippen molar-refractivity contribution in [3.05, 3.63) is 41.0 Å². The van der Waals surface area contributed by atoms with Gasteiger partial charge in [0.25, 0.3) is 0 Å². The third-order valence-corrected chi connectivity index (χ3v) is 10.7. The molecule has 6 heterocycles. The van der Waals surface area contributed by atoms with E-state index in [1.165, 1.54) is 0 Å². The van der Waals surface area contributed by atoms with E-state index in [1.54, 1.807) is 18.1 Å². The molecule has 2 unspecified atom stereocenters. The van der Waals surface area contributed by atoms with Crippen LogP contribution in [0.25, 0.3) is 0 Å². The molecule has 2 aromatic heterocycles. The normalized spacial score (nSPS) is 28.5. The Balaban J connectivity index is 1.16. The van der Waals surface area contributed by atoms with Crippen LogP contribution in [-0.2, 0) is 26.0 Å². The number of hydrogen-bond acceptors (Lipinski definition) is 10. The predicted octanol–water partition coefficient (Wildman–Crippen LogP) is 5.36. The van der Waals surface area contributed by atoms with Gasteiger partial charge in [-0.1, -0.05) is 0 Å². The number of pyridine rings is 1. The summed E-state index contributed by atoms with van der Waals surface area (Å²) in [6, 6.07) is 3.75. The first-order chi connectivity index (χ1) is 23.1. The number of halogens is 3. The molecule has 4 aliphatic rings. The molecule has 49 heavy (non-hydrogen) atoms. The summed E-state index contributed by atoms with van der Waals surface area (Å²) < 4.78 is 59.9. The van der Waals surface area contributed by atoms with E-state index < -0.39 is 23.2 Å². The standard InChI is InChI=1S/C35H50F3N7O4/c1-22-8-11-39-30(34(47-7)10-17-48-21-34)29(22)25-9-12-44(23(2)18-25)27-19-28(41-31(40-27)35(36,37)38)45-20-26(24(45)3)42-13-15-43(16-14-42)32(46)49-33(4,5)6/h8,11,19,23-26H,9-10,12-18,20-21H2,1-7H3/t23-,24-,25?,26-,34?/m1/s1. The van der Waals surface area contributed by atoms with Crippen LogP contribution in [0.4, 0.5) is 29.6 Å². The number of carbonyl (C=O) groups excluding carboxylic acids is 1. The van der Waals surface area contributed by atoms with Crippen LogP contribution in [0.3, 0.4) is 0 Å². The first kappa shape index (κ1) is 35.6. The summed E-state index contributed by atoms with van der Waals surface area (Å²) in [5, 5.41) is 0.